The van der Waals surface area contributed by atoms with Crippen molar-refractivity contribution in [2.75, 3.05) is 37.1 Å². The standard InChI is InChI=1S/C35H31ClF3N5O5/c1-46-29-17-26(16-27(18-29)44-22-40-21-41-44)42-33(34(45)43-12-11-24-7-9-28(19-31(24)43)49-35(37,38)39)30-10-8-25(36)15-32(30)48-14-13-47-20-23-5-3-2-4-6-23/h2-10,15-19,21-22,33,42H,11-14,20H2,1H3. The SMILES string of the molecule is COc1cc(NC(C(=O)N2CCc3ccc(OC(F)(F)F)cc32)c2ccc(Cl)cc2OCCOCc2ccccc2)cc(-n2cncn2)c1. The van der Waals surface area contributed by atoms with Crippen molar-refractivity contribution in [3.05, 3.63) is 119 Å². The van der Waals surface area contributed by atoms with Gasteiger partial charge in [-0.2, -0.15) is 5.10 Å². The summed E-state index contributed by atoms with van der Waals surface area (Å²) in [5.41, 5.74) is 3.58. The number of benzene rings is 4. The number of ether oxygens (including phenoxy) is 4. The monoisotopic (exact) mass is 693 g/mol. The molecule has 1 amide bonds. The molecular weight excluding hydrogens is 663 g/mol. The van der Waals surface area contributed by atoms with Gasteiger partial charge in [0.1, 0.15) is 42.6 Å². The van der Waals surface area contributed by atoms with Crippen molar-refractivity contribution in [2.24, 2.45) is 0 Å². The molecule has 0 radical (unpaired) electrons. The molecule has 10 nitrogen and oxygen atoms in total. The number of fused-ring (bicyclic) bond motifs is 1. The van der Waals surface area contributed by atoms with E-state index in [-0.39, 0.29) is 19.8 Å². The molecule has 49 heavy (non-hydrogen) atoms. The summed E-state index contributed by atoms with van der Waals surface area (Å²) in [5.74, 6) is -0.0628. The Morgan fingerprint density at radius 2 is 1.84 bits per heavy atom. The van der Waals surface area contributed by atoms with Crippen molar-refractivity contribution in [3.63, 3.8) is 0 Å². The van der Waals surface area contributed by atoms with Gasteiger partial charge < -0.3 is 29.2 Å². The molecule has 1 N–H and O–H groups in total. The second kappa shape index (κ2) is 14.9. The first kappa shape index (κ1) is 33.6. The fourth-order valence-electron chi connectivity index (χ4n) is 5.48. The van der Waals surface area contributed by atoms with Crippen LogP contribution < -0.4 is 24.4 Å². The van der Waals surface area contributed by atoms with Gasteiger partial charge in [0.15, 0.2) is 0 Å². The highest BCUT2D eigenvalue weighted by Crippen LogP contribution is 2.39. The van der Waals surface area contributed by atoms with Crippen molar-refractivity contribution < 1.29 is 36.9 Å². The van der Waals surface area contributed by atoms with Crippen LogP contribution in [0.15, 0.2) is 97.6 Å². The van der Waals surface area contributed by atoms with Gasteiger partial charge in [0.25, 0.3) is 5.91 Å². The molecule has 0 fully saturated rings. The van der Waals surface area contributed by atoms with E-state index in [9.17, 15) is 18.0 Å². The van der Waals surface area contributed by atoms with Crippen molar-refractivity contribution in [3.8, 4) is 22.9 Å². The van der Waals surface area contributed by atoms with E-state index in [2.05, 4.69) is 20.1 Å². The van der Waals surface area contributed by atoms with Gasteiger partial charge >= 0.3 is 6.36 Å². The van der Waals surface area contributed by atoms with Crippen LogP contribution in [0.1, 0.15) is 22.7 Å². The van der Waals surface area contributed by atoms with Gasteiger partial charge in [-0.25, -0.2) is 9.67 Å². The second-order valence-electron chi connectivity index (χ2n) is 11.0. The normalized spacial score (nSPS) is 13.1. The first-order chi connectivity index (χ1) is 23.7. The average molecular weight is 694 g/mol. The third-order valence-corrected chi connectivity index (χ3v) is 7.94. The molecule has 0 bridgehead atoms. The molecule has 6 rings (SSSR count). The highest BCUT2D eigenvalue weighted by atomic mass is 35.5. The Balaban J connectivity index is 1.33. The molecule has 1 atom stereocenters. The fraction of sp³-hybridized carbons (Fsp3) is 0.229. The van der Waals surface area contributed by atoms with Crippen LogP contribution in [0.25, 0.3) is 5.69 Å². The molecule has 4 aromatic carbocycles. The topological polar surface area (TPSA) is 100.0 Å². The van der Waals surface area contributed by atoms with Gasteiger partial charge in [0.2, 0.25) is 0 Å². The zero-order valence-electron chi connectivity index (χ0n) is 26.2. The number of carbonyl (C=O) groups is 1. The second-order valence-corrected chi connectivity index (χ2v) is 11.4. The lowest BCUT2D eigenvalue weighted by Gasteiger charge is -2.28. The number of aromatic nitrogens is 3. The number of rotatable bonds is 13. The van der Waals surface area contributed by atoms with Crippen LogP contribution in [0.2, 0.25) is 5.02 Å². The number of amides is 1. The van der Waals surface area contributed by atoms with Crippen LogP contribution in [0, 0.1) is 0 Å². The third-order valence-electron chi connectivity index (χ3n) is 7.70. The first-order valence-electron chi connectivity index (χ1n) is 15.2. The molecule has 14 heteroatoms. The molecule has 1 aromatic heterocycles. The predicted octanol–water partition coefficient (Wildman–Crippen LogP) is 7.17. The zero-order valence-corrected chi connectivity index (χ0v) is 26.9. The van der Waals surface area contributed by atoms with Gasteiger partial charge in [-0.15, -0.1) is 13.2 Å². The van der Waals surface area contributed by atoms with E-state index in [0.29, 0.717) is 57.7 Å². The Labute approximate surface area is 284 Å². The summed E-state index contributed by atoms with van der Waals surface area (Å²) in [4.78, 5) is 20.0. The highest BCUT2D eigenvalue weighted by Gasteiger charge is 2.35. The molecule has 1 aliphatic rings. The predicted molar refractivity (Wildman–Crippen MR) is 177 cm³/mol. The summed E-state index contributed by atoms with van der Waals surface area (Å²) in [6.07, 6.45) is -1.53. The maximum atomic E-state index is 14.6. The third kappa shape index (κ3) is 8.42. The van der Waals surface area contributed by atoms with E-state index in [1.807, 2.05) is 30.3 Å². The lowest BCUT2D eigenvalue weighted by atomic mass is 10.0. The van der Waals surface area contributed by atoms with Gasteiger partial charge in [0.05, 0.1) is 31.7 Å². The van der Waals surface area contributed by atoms with Crippen LogP contribution in [-0.4, -0.2) is 53.9 Å². The molecule has 0 saturated heterocycles. The van der Waals surface area contributed by atoms with Gasteiger partial charge in [-0.05, 0) is 41.8 Å². The van der Waals surface area contributed by atoms with Crippen LogP contribution >= 0.6 is 11.6 Å². The summed E-state index contributed by atoms with van der Waals surface area (Å²) in [6.45, 7) is 1.04. The lowest BCUT2D eigenvalue weighted by molar-refractivity contribution is -0.274. The fourth-order valence-corrected chi connectivity index (χ4v) is 5.65. The molecule has 0 spiro atoms. The largest absolute Gasteiger partial charge is 0.573 e. The summed E-state index contributed by atoms with van der Waals surface area (Å²) in [5, 5.41) is 7.89. The summed E-state index contributed by atoms with van der Waals surface area (Å²) in [7, 11) is 1.51. The van der Waals surface area contributed by atoms with Crippen molar-refractivity contribution in [2.45, 2.75) is 25.4 Å². The number of hydrogen-bond acceptors (Lipinski definition) is 8. The average Bonchev–Trinajstić information content (AvgIpc) is 3.78. The molecule has 1 aliphatic heterocycles. The minimum absolute atomic E-state index is 0.154. The van der Waals surface area contributed by atoms with Gasteiger partial charge in [-0.1, -0.05) is 54.1 Å². The molecule has 0 aliphatic carbocycles. The Morgan fingerprint density at radius 3 is 2.59 bits per heavy atom. The molecule has 1 unspecified atom stereocenters. The Bertz CT molecular complexity index is 1890. The van der Waals surface area contributed by atoms with Crippen LogP contribution in [0.3, 0.4) is 0 Å². The van der Waals surface area contributed by atoms with E-state index < -0.39 is 24.1 Å². The van der Waals surface area contributed by atoms with E-state index in [1.165, 1.54) is 47.5 Å². The van der Waals surface area contributed by atoms with E-state index >= 15 is 0 Å². The lowest BCUT2D eigenvalue weighted by Crippen LogP contribution is -2.37. The van der Waals surface area contributed by atoms with Crippen molar-refractivity contribution >= 4 is 28.9 Å². The zero-order chi connectivity index (χ0) is 34.4. The highest BCUT2D eigenvalue weighted by molar-refractivity contribution is 6.30. The number of hydrogen-bond donors (Lipinski definition) is 1. The molecule has 5 aromatic rings. The maximum absolute atomic E-state index is 14.6. The van der Waals surface area contributed by atoms with Gasteiger partial charge in [0, 0.05) is 41.0 Å². The molecule has 0 saturated carbocycles. The van der Waals surface area contributed by atoms with E-state index in [0.717, 1.165) is 5.56 Å². The molecular formula is C35H31ClF3N5O5. The molecule has 2 heterocycles. The number of anilines is 2. The Morgan fingerprint density at radius 1 is 1.00 bits per heavy atom. The number of nitrogens with one attached hydrogen (secondary N) is 1. The minimum atomic E-state index is -4.89. The number of halogens is 4. The maximum Gasteiger partial charge on any atom is 0.573 e. The van der Waals surface area contributed by atoms with Crippen LogP contribution in [0.5, 0.6) is 17.2 Å². The Kier molecular flexibility index (Phi) is 10.2. The smallest absolute Gasteiger partial charge is 0.497 e. The number of nitrogens with zero attached hydrogens (tertiary/aromatic N) is 4. The van der Waals surface area contributed by atoms with Crippen LogP contribution in [0.4, 0.5) is 24.5 Å². The number of carbonyl (C=O) groups excluding carboxylic acids is 1. The van der Waals surface area contributed by atoms with E-state index in [1.54, 1.807) is 36.4 Å². The summed E-state index contributed by atoms with van der Waals surface area (Å²) < 4.78 is 62.4. The van der Waals surface area contributed by atoms with E-state index in [4.69, 9.17) is 25.8 Å². The number of methoxy groups -OCH3 is 1. The van der Waals surface area contributed by atoms with Crippen LogP contribution in [-0.2, 0) is 22.6 Å². The summed E-state index contributed by atoms with van der Waals surface area (Å²) in [6, 6.07) is 22.7. The van der Waals surface area contributed by atoms with Crippen molar-refractivity contribution in [1.82, 2.24) is 14.8 Å². The minimum Gasteiger partial charge on any atom is -0.497 e. The van der Waals surface area contributed by atoms with Crippen molar-refractivity contribution in [1.29, 1.82) is 0 Å². The Hall–Kier alpha value is -5.27. The summed E-state index contributed by atoms with van der Waals surface area (Å²) >= 11 is 6.40. The molecule has 254 valence electrons. The first-order valence-corrected chi connectivity index (χ1v) is 15.6. The van der Waals surface area contributed by atoms with Gasteiger partial charge in [-0.3, -0.25) is 4.79 Å². The number of alkyl halides is 3. The quantitative estimate of drug-likeness (QED) is 0.130.